The highest BCUT2D eigenvalue weighted by Gasteiger charge is 2.36. The first-order valence-electron chi connectivity index (χ1n) is 15.3. The van der Waals surface area contributed by atoms with E-state index in [2.05, 4.69) is 5.32 Å². The van der Waals surface area contributed by atoms with E-state index >= 15 is 0 Å². The Kier molecular flexibility index (Phi) is 11.4. The summed E-state index contributed by atoms with van der Waals surface area (Å²) in [5.74, 6) is -0.315. The fraction of sp³-hybridized carbons (Fsp3) is 0.297. The van der Waals surface area contributed by atoms with Gasteiger partial charge in [0.15, 0.2) is 0 Å². The number of sulfonamides is 1. The number of ether oxygens (including phenoxy) is 1. The summed E-state index contributed by atoms with van der Waals surface area (Å²) in [4.78, 5) is 30.2. The van der Waals surface area contributed by atoms with Crippen molar-refractivity contribution in [3.8, 4) is 5.75 Å². The number of hydrogen-bond donors (Lipinski definition) is 1. The van der Waals surface area contributed by atoms with Crippen LogP contribution in [0.2, 0.25) is 5.02 Å². The van der Waals surface area contributed by atoms with Gasteiger partial charge in [0.2, 0.25) is 11.8 Å². The number of benzene rings is 4. The van der Waals surface area contributed by atoms with Gasteiger partial charge in [-0.2, -0.15) is 0 Å². The lowest BCUT2D eigenvalue weighted by Gasteiger charge is -2.35. The number of carbonyl (C=O) groups excluding carboxylic acids is 2. The second kappa shape index (κ2) is 15.0. The van der Waals surface area contributed by atoms with Crippen molar-refractivity contribution in [2.75, 3.05) is 18.0 Å². The van der Waals surface area contributed by atoms with Crippen molar-refractivity contribution in [2.45, 2.75) is 64.1 Å². The molecule has 0 aliphatic rings. The molecule has 4 aromatic rings. The SMILES string of the molecule is COc1cccc(CN(C(=O)CN(c2ccc(Cl)cc2C)S(=O)(=O)c2ccc(C)cc2)[C@@H](Cc2ccccc2)C(=O)NC(C)(C)C)c1. The normalized spacial score (nSPS) is 12.2. The van der Waals surface area contributed by atoms with Gasteiger partial charge < -0.3 is 15.0 Å². The third-order valence-electron chi connectivity index (χ3n) is 7.57. The standard InChI is InChI=1S/C37H42ClN3O5S/c1-26-15-18-32(19-16-26)47(44,45)41(33-20-17-30(38)21-27(33)2)25-35(42)40(24-29-13-10-14-31(22-29)46-6)34(36(43)39-37(3,4)5)23-28-11-8-7-9-12-28/h7-22,34H,23-25H2,1-6H3,(H,39,43)/t34-/m0/s1. The Labute approximate surface area is 283 Å². The average molecular weight is 676 g/mol. The summed E-state index contributed by atoms with van der Waals surface area (Å²) in [5, 5.41) is 3.48. The predicted molar refractivity (Wildman–Crippen MR) is 187 cm³/mol. The first-order valence-corrected chi connectivity index (χ1v) is 17.1. The summed E-state index contributed by atoms with van der Waals surface area (Å²) in [6.07, 6.45) is 0.211. The highest BCUT2D eigenvalue weighted by molar-refractivity contribution is 7.92. The third-order valence-corrected chi connectivity index (χ3v) is 9.58. The van der Waals surface area contributed by atoms with Crippen LogP contribution < -0.4 is 14.4 Å². The van der Waals surface area contributed by atoms with Crippen molar-refractivity contribution in [3.63, 3.8) is 0 Å². The number of hydrogen-bond acceptors (Lipinski definition) is 5. The Hall–Kier alpha value is -4.34. The van der Waals surface area contributed by atoms with Crippen molar-refractivity contribution in [1.82, 2.24) is 10.2 Å². The van der Waals surface area contributed by atoms with Crippen molar-refractivity contribution in [1.29, 1.82) is 0 Å². The molecule has 0 bridgehead atoms. The summed E-state index contributed by atoms with van der Waals surface area (Å²) in [6.45, 7) is 8.70. The molecule has 47 heavy (non-hydrogen) atoms. The minimum atomic E-state index is -4.23. The Morgan fingerprint density at radius 1 is 0.872 bits per heavy atom. The second-order valence-corrected chi connectivity index (χ2v) is 14.9. The van der Waals surface area contributed by atoms with Crippen LogP contribution in [0.3, 0.4) is 0 Å². The molecule has 0 aromatic heterocycles. The molecular formula is C37H42ClN3O5S. The van der Waals surface area contributed by atoms with Crippen LogP contribution in [0.25, 0.3) is 0 Å². The maximum atomic E-state index is 14.7. The smallest absolute Gasteiger partial charge is 0.264 e. The Morgan fingerprint density at radius 2 is 1.53 bits per heavy atom. The van der Waals surface area contributed by atoms with Gasteiger partial charge in [-0.15, -0.1) is 0 Å². The van der Waals surface area contributed by atoms with Gasteiger partial charge in [-0.05, 0) is 93.8 Å². The molecule has 4 rings (SSSR count). The van der Waals surface area contributed by atoms with E-state index in [4.69, 9.17) is 16.3 Å². The lowest BCUT2D eigenvalue weighted by atomic mass is 10.0. The summed E-state index contributed by atoms with van der Waals surface area (Å²) in [7, 11) is -2.67. The number of nitrogens with one attached hydrogen (secondary N) is 1. The lowest BCUT2D eigenvalue weighted by molar-refractivity contribution is -0.140. The summed E-state index contributed by atoms with van der Waals surface area (Å²) >= 11 is 6.25. The van der Waals surface area contributed by atoms with E-state index in [-0.39, 0.29) is 23.8 Å². The fourth-order valence-corrected chi connectivity index (χ4v) is 6.93. The summed E-state index contributed by atoms with van der Waals surface area (Å²) in [6, 6.07) is 27.0. The first-order chi connectivity index (χ1) is 22.2. The molecule has 0 spiro atoms. The summed E-state index contributed by atoms with van der Waals surface area (Å²) < 4.78 is 35.1. The highest BCUT2D eigenvalue weighted by atomic mass is 35.5. The number of methoxy groups -OCH3 is 1. The second-order valence-electron chi connectivity index (χ2n) is 12.6. The van der Waals surface area contributed by atoms with Crippen LogP contribution in [-0.4, -0.2) is 50.4 Å². The van der Waals surface area contributed by atoms with Crippen LogP contribution in [0.5, 0.6) is 5.75 Å². The molecule has 0 saturated heterocycles. The number of nitrogens with zero attached hydrogens (tertiary/aromatic N) is 2. The quantitative estimate of drug-likeness (QED) is 0.180. The zero-order chi connectivity index (χ0) is 34.4. The molecule has 1 atom stereocenters. The largest absolute Gasteiger partial charge is 0.497 e. The first kappa shape index (κ1) is 35.5. The van der Waals surface area contributed by atoms with Crippen molar-refractivity contribution >= 4 is 39.1 Å². The van der Waals surface area contributed by atoms with Crippen LogP contribution in [-0.2, 0) is 32.6 Å². The minimum Gasteiger partial charge on any atom is -0.497 e. The van der Waals surface area contributed by atoms with Gasteiger partial charge in [-0.1, -0.05) is 71.8 Å². The van der Waals surface area contributed by atoms with Gasteiger partial charge in [0.25, 0.3) is 10.0 Å². The predicted octanol–water partition coefficient (Wildman–Crippen LogP) is 6.72. The Balaban J connectivity index is 1.85. The molecule has 2 amide bonds. The molecule has 0 radical (unpaired) electrons. The molecule has 0 fully saturated rings. The van der Waals surface area contributed by atoms with E-state index < -0.39 is 34.1 Å². The van der Waals surface area contributed by atoms with E-state index in [1.807, 2.05) is 70.2 Å². The van der Waals surface area contributed by atoms with Gasteiger partial charge in [0, 0.05) is 23.5 Å². The van der Waals surface area contributed by atoms with Crippen molar-refractivity contribution < 1.29 is 22.7 Å². The molecule has 0 saturated carbocycles. The van der Waals surface area contributed by atoms with E-state index in [1.54, 1.807) is 56.5 Å². The lowest BCUT2D eigenvalue weighted by Crippen LogP contribution is -2.56. The van der Waals surface area contributed by atoms with Crippen LogP contribution >= 0.6 is 11.6 Å². The summed E-state index contributed by atoms with van der Waals surface area (Å²) in [5.41, 5.74) is 2.76. The molecule has 0 heterocycles. The van der Waals surface area contributed by atoms with Gasteiger partial charge in [-0.25, -0.2) is 8.42 Å². The zero-order valence-electron chi connectivity index (χ0n) is 27.7. The van der Waals surface area contributed by atoms with E-state index in [1.165, 1.54) is 17.0 Å². The number of aryl methyl sites for hydroxylation is 2. The Morgan fingerprint density at radius 3 is 2.15 bits per heavy atom. The molecule has 248 valence electrons. The topological polar surface area (TPSA) is 96.0 Å². The van der Waals surface area contributed by atoms with Gasteiger partial charge in [-0.3, -0.25) is 13.9 Å². The number of anilines is 1. The van der Waals surface area contributed by atoms with Crippen molar-refractivity contribution in [2.24, 2.45) is 0 Å². The number of carbonyl (C=O) groups is 2. The molecule has 10 heteroatoms. The third kappa shape index (κ3) is 9.36. The van der Waals surface area contributed by atoms with E-state index in [0.717, 1.165) is 21.0 Å². The molecular weight excluding hydrogens is 634 g/mol. The highest BCUT2D eigenvalue weighted by Crippen LogP contribution is 2.30. The molecule has 8 nitrogen and oxygen atoms in total. The molecule has 4 aromatic carbocycles. The van der Waals surface area contributed by atoms with Crippen LogP contribution in [0.4, 0.5) is 5.69 Å². The average Bonchev–Trinajstić information content (AvgIpc) is 3.01. The number of rotatable bonds is 12. The van der Waals surface area contributed by atoms with E-state index in [9.17, 15) is 18.0 Å². The van der Waals surface area contributed by atoms with Crippen LogP contribution in [0, 0.1) is 13.8 Å². The number of halogens is 1. The Bertz CT molecular complexity index is 1810. The maximum absolute atomic E-state index is 14.7. The fourth-order valence-electron chi connectivity index (χ4n) is 5.22. The zero-order valence-corrected chi connectivity index (χ0v) is 29.2. The maximum Gasteiger partial charge on any atom is 0.264 e. The molecule has 0 aliphatic heterocycles. The van der Waals surface area contributed by atoms with Gasteiger partial charge in [0.1, 0.15) is 18.3 Å². The monoisotopic (exact) mass is 675 g/mol. The van der Waals surface area contributed by atoms with Gasteiger partial charge in [0.05, 0.1) is 17.7 Å². The molecule has 0 aliphatic carbocycles. The minimum absolute atomic E-state index is 0.0309. The van der Waals surface area contributed by atoms with Crippen molar-refractivity contribution in [3.05, 3.63) is 124 Å². The van der Waals surface area contributed by atoms with Crippen LogP contribution in [0.1, 0.15) is 43.0 Å². The molecule has 1 N–H and O–H groups in total. The van der Waals surface area contributed by atoms with Crippen LogP contribution in [0.15, 0.2) is 102 Å². The molecule has 0 unspecified atom stereocenters. The number of amides is 2. The van der Waals surface area contributed by atoms with E-state index in [0.29, 0.717) is 22.0 Å². The van der Waals surface area contributed by atoms with Gasteiger partial charge >= 0.3 is 0 Å².